The van der Waals surface area contributed by atoms with Gasteiger partial charge in [-0.3, -0.25) is 4.79 Å². The first kappa shape index (κ1) is 24.9. The number of amides is 1. The number of hydrogen-bond acceptors (Lipinski definition) is 4. The highest BCUT2D eigenvalue weighted by molar-refractivity contribution is 5.96. The molecule has 0 aliphatic carbocycles. The summed E-state index contributed by atoms with van der Waals surface area (Å²) in [7, 11) is 0. The SMILES string of the molecule is CCOc1ccc(N2CC(c3nc4ccccc4n3CCOc3ccc(C(C)CC)cc3)CC2=O)cc1. The van der Waals surface area contributed by atoms with Crippen molar-refractivity contribution < 1.29 is 14.3 Å². The maximum atomic E-state index is 13.0. The second-order valence-electron chi connectivity index (χ2n) is 9.67. The number of imidazole rings is 1. The molecule has 1 fully saturated rings. The number of carbonyl (C=O) groups excluding carboxylic acids is 1. The second-order valence-corrected chi connectivity index (χ2v) is 9.67. The van der Waals surface area contributed by atoms with Gasteiger partial charge in [-0.25, -0.2) is 4.98 Å². The average molecular weight is 498 g/mol. The molecule has 6 nitrogen and oxygen atoms in total. The van der Waals surface area contributed by atoms with Crippen LogP contribution < -0.4 is 14.4 Å². The lowest BCUT2D eigenvalue weighted by atomic mass is 9.99. The minimum absolute atomic E-state index is 0.0151. The Balaban J connectivity index is 1.32. The number of benzene rings is 3. The summed E-state index contributed by atoms with van der Waals surface area (Å²) in [5.41, 5.74) is 4.24. The molecule has 192 valence electrons. The van der Waals surface area contributed by atoms with Gasteiger partial charge in [-0.05, 0) is 73.4 Å². The van der Waals surface area contributed by atoms with Gasteiger partial charge in [-0.1, -0.05) is 38.1 Å². The van der Waals surface area contributed by atoms with E-state index in [2.05, 4.69) is 48.7 Å². The van der Waals surface area contributed by atoms with E-state index in [1.165, 1.54) is 5.56 Å². The minimum atomic E-state index is 0.0151. The van der Waals surface area contributed by atoms with Crippen LogP contribution >= 0.6 is 0 Å². The molecule has 0 bridgehead atoms. The predicted octanol–water partition coefficient (Wildman–Crippen LogP) is 6.55. The van der Waals surface area contributed by atoms with E-state index in [1.807, 2.05) is 54.3 Å². The fraction of sp³-hybridized carbons (Fsp3) is 0.355. The molecule has 5 rings (SSSR count). The number of para-hydroxylation sites is 2. The van der Waals surface area contributed by atoms with Crippen molar-refractivity contribution in [3.8, 4) is 11.5 Å². The maximum Gasteiger partial charge on any atom is 0.227 e. The Bertz CT molecular complexity index is 1340. The highest BCUT2D eigenvalue weighted by atomic mass is 16.5. The van der Waals surface area contributed by atoms with E-state index in [1.54, 1.807) is 0 Å². The molecule has 0 saturated carbocycles. The molecule has 0 N–H and O–H groups in total. The van der Waals surface area contributed by atoms with Gasteiger partial charge in [-0.2, -0.15) is 0 Å². The molecular weight excluding hydrogens is 462 g/mol. The number of aromatic nitrogens is 2. The summed E-state index contributed by atoms with van der Waals surface area (Å²) in [6, 6.07) is 24.3. The lowest BCUT2D eigenvalue weighted by Gasteiger charge is -2.18. The van der Waals surface area contributed by atoms with Crippen LogP contribution in [0.15, 0.2) is 72.8 Å². The molecule has 2 atom stereocenters. The van der Waals surface area contributed by atoms with Crippen LogP contribution in [-0.4, -0.2) is 35.2 Å². The van der Waals surface area contributed by atoms with Gasteiger partial charge in [0, 0.05) is 24.6 Å². The molecule has 1 aliphatic heterocycles. The smallest absolute Gasteiger partial charge is 0.227 e. The molecule has 1 amide bonds. The summed E-state index contributed by atoms with van der Waals surface area (Å²) >= 11 is 0. The van der Waals surface area contributed by atoms with Crippen LogP contribution in [0.1, 0.15) is 56.8 Å². The van der Waals surface area contributed by atoms with Crippen LogP contribution in [0.2, 0.25) is 0 Å². The maximum absolute atomic E-state index is 13.0. The first-order chi connectivity index (χ1) is 18.1. The molecule has 1 aromatic heterocycles. The first-order valence-corrected chi connectivity index (χ1v) is 13.3. The van der Waals surface area contributed by atoms with Crippen LogP contribution in [-0.2, 0) is 11.3 Å². The van der Waals surface area contributed by atoms with Gasteiger partial charge >= 0.3 is 0 Å². The summed E-state index contributed by atoms with van der Waals surface area (Å²) in [6.07, 6.45) is 1.56. The number of anilines is 1. The van der Waals surface area contributed by atoms with Gasteiger partial charge in [-0.15, -0.1) is 0 Å². The fourth-order valence-electron chi connectivity index (χ4n) is 5.04. The van der Waals surface area contributed by atoms with Crippen molar-refractivity contribution in [2.75, 3.05) is 24.7 Å². The van der Waals surface area contributed by atoms with E-state index < -0.39 is 0 Å². The van der Waals surface area contributed by atoms with Crippen molar-refractivity contribution in [2.24, 2.45) is 0 Å². The van der Waals surface area contributed by atoms with Gasteiger partial charge in [0.1, 0.15) is 23.9 Å². The Morgan fingerprint density at radius 3 is 2.38 bits per heavy atom. The number of fused-ring (bicyclic) bond motifs is 1. The lowest BCUT2D eigenvalue weighted by molar-refractivity contribution is -0.117. The van der Waals surface area contributed by atoms with Crippen LogP contribution in [0.3, 0.4) is 0 Å². The number of ether oxygens (including phenoxy) is 2. The molecule has 2 unspecified atom stereocenters. The largest absolute Gasteiger partial charge is 0.494 e. The summed E-state index contributed by atoms with van der Waals surface area (Å²) < 4.78 is 13.9. The van der Waals surface area contributed by atoms with Crippen LogP contribution in [0.5, 0.6) is 11.5 Å². The van der Waals surface area contributed by atoms with E-state index in [9.17, 15) is 4.79 Å². The molecule has 37 heavy (non-hydrogen) atoms. The van der Waals surface area contributed by atoms with E-state index in [4.69, 9.17) is 14.5 Å². The van der Waals surface area contributed by atoms with Gasteiger partial charge in [0.15, 0.2) is 0 Å². The van der Waals surface area contributed by atoms with Crippen LogP contribution in [0.25, 0.3) is 11.0 Å². The first-order valence-electron chi connectivity index (χ1n) is 13.3. The van der Waals surface area contributed by atoms with Crippen molar-refractivity contribution in [1.82, 2.24) is 9.55 Å². The monoisotopic (exact) mass is 497 g/mol. The summed E-state index contributed by atoms with van der Waals surface area (Å²) in [6.45, 7) is 8.82. The quantitative estimate of drug-likeness (QED) is 0.249. The Hall–Kier alpha value is -3.80. The molecule has 4 aromatic rings. The van der Waals surface area contributed by atoms with Crippen molar-refractivity contribution in [2.45, 2.75) is 52.0 Å². The van der Waals surface area contributed by atoms with Crippen molar-refractivity contribution in [1.29, 1.82) is 0 Å². The Morgan fingerprint density at radius 2 is 1.65 bits per heavy atom. The Kier molecular flexibility index (Phi) is 7.45. The Labute approximate surface area is 218 Å². The predicted molar refractivity (Wildman–Crippen MR) is 148 cm³/mol. The third-order valence-electron chi connectivity index (χ3n) is 7.28. The zero-order valence-corrected chi connectivity index (χ0v) is 21.9. The molecule has 2 heterocycles. The zero-order valence-electron chi connectivity index (χ0n) is 21.9. The van der Waals surface area contributed by atoms with Crippen molar-refractivity contribution >= 4 is 22.6 Å². The standard InChI is InChI=1S/C31H35N3O3/c1-4-22(3)23-10-14-27(15-11-23)37-19-18-33-29-9-7-6-8-28(29)32-31(33)24-20-30(35)34(21-24)25-12-16-26(17-13-25)36-5-2/h6-17,22,24H,4-5,18-21H2,1-3H3. The summed E-state index contributed by atoms with van der Waals surface area (Å²) in [5, 5.41) is 0. The molecule has 1 saturated heterocycles. The van der Waals surface area contributed by atoms with Crippen LogP contribution in [0.4, 0.5) is 5.69 Å². The van der Waals surface area contributed by atoms with Crippen LogP contribution in [0, 0.1) is 0 Å². The second kappa shape index (κ2) is 11.1. The third-order valence-corrected chi connectivity index (χ3v) is 7.28. The van der Waals surface area contributed by atoms with E-state index in [0.717, 1.165) is 40.5 Å². The molecule has 0 radical (unpaired) electrons. The third kappa shape index (κ3) is 5.33. The van der Waals surface area contributed by atoms with Gasteiger partial charge in [0.05, 0.1) is 24.2 Å². The molecule has 0 spiro atoms. The van der Waals surface area contributed by atoms with Gasteiger partial charge in [0.2, 0.25) is 5.91 Å². The Morgan fingerprint density at radius 1 is 0.946 bits per heavy atom. The normalized spacial score (nSPS) is 16.4. The van der Waals surface area contributed by atoms with E-state index in [0.29, 0.717) is 38.6 Å². The van der Waals surface area contributed by atoms with E-state index >= 15 is 0 Å². The summed E-state index contributed by atoms with van der Waals surface area (Å²) in [4.78, 5) is 19.9. The van der Waals surface area contributed by atoms with Crippen molar-refractivity contribution in [3.05, 3.63) is 84.2 Å². The number of nitrogens with zero attached hydrogens (tertiary/aromatic N) is 3. The lowest BCUT2D eigenvalue weighted by Crippen LogP contribution is -2.24. The highest BCUT2D eigenvalue weighted by Crippen LogP contribution is 2.34. The topological polar surface area (TPSA) is 56.6 Å². The highest BCUT2D eigenvalue weighted by Gasteiger charge is 2.34. The number of carbonyl (C=O) groups is 1. The average Bonchev–Trinajstić information content (AvgIpc) is 3.50. The van der Waals surface area contributed by atoms with Gasteiger partial charge in [0.25, 0.3) is 0 Å². The van der Waals surface area contributed by atoms with Crippen molar-refractivity contribution in [3.63, 3.8) is 0 Å². The number of hydrogen-bond donors (Lipinski definition) is 0. The summed E-state index contributed by atoms with van der Waals surface area (Å²) in [5.74, 6) is 3.30. The zero-order chi connectivity index (χ0) is 25.8. The molecule has 3 aromatic carbocycles. The fourth-order valence-corrected chi connectivity index (χ4v) is 5.04. The minimum Gasteiger partial charge on any atom is -0.494 e. The number of rotatable bonds is 10. The van der Waals surface area contributed by atoms with E-state index in [-0.39, 0.29) is 11.8 Å². The molecule has 1 aliphatic rings. The van der Waals surface area contributed by atoms with Gasteiger partial charge < -0.3 is 18.9 Å². The molecular formula is C31H35N3O3. The molecule has 6 heteroatoms.